The number of hydrogen-bond donors (Lipinski definition) is 3. The van der Waals surface area contributed by atoms with Crippen LogP contribution in [0.1, 0.15) is 6.42 Å². The van der Waals surface area contributed by atoms with Crippen LogP contribution in [0.25, 0.3) is 10.9 Å². The molecule has 11 nitrogen and oxygen atoms in total. The molecule has 0 spiro atoms. The number of nitrogens with zero attached hydrogens (tertiary/aromatic N) is 5. The number of fused-ring (bicyclic) bond motifs is 1. The fraction of sp³-hybridized carbons (Fsp3) is 0.321. The van der Waals surface area contributed by atoms with Gasteiger partial charge in [-0.3, -0.25) is 19.7 Å². The number of amides is 1. The Labute approximate surface area is 232 Å². The Hall–Kier alpha value is -4.60. The third kappa shape index (κ3) is 7.07. The molecule has 0 aliphatic carbocycles. The van der Waals surface area contributed by atoms with Crippen LogP contribution in [0.3, 0.4) is 0 Å². The standard InChI is InChI=1S/C28H32FN7O4/c1-3-8-34(10-11-37)9-5-12-40-26-15-24-23(14-25(26)39-2)28(32-19-31-24)33-21-16-35(18-27(30)38)36(17-21)22-7-4-6-20(29)13-22/h1,4,6-7,13-16,19,37H,5,8-12,17-18H2,2H3,(H2,30,38)(H,31,32,33). The second-order valence-corrected chi connectivity index (χ2v) is 9.03. The van der Waals surface area contributed by atoms with Crippen molar-refractivity contribution >= 4 is 28.3 Å². The molecule has 3 aromatic rings. The van der Waals surface area contributed by atoms with E-state index in [1.807, 2.05) is 4.90 Å². The first-order chi connectivity index (χ1) is 19.4. The highest BCUT2D eigenvalue weighted by Gasteiger charge is 2.25. The molecule has 1 aliphatic rings. The van der Waals surface area contributed by atoms with Crippen molar-refractivity contribution in [3.8, 4) is 23.8 Å². The van der Waals surface area contributed by atoms with Gasteiger partial charge in [-0.2, -0.15) is 0 Å². The molecule has 12 heteroatoms. The van der Waals surface area contributed by atoms with Crippen molar-refractivity contribution in [3.63, 3.8) is 0 Å². The van der Waals surface area contributed by atoms with Gasteiger partial charge in [0.15, 0.2) is 11.5 Å². The van der Waals surface area contributed by atoms with Gasteiger partial charge >= 0.3 is 0 Å². The number of benzene rings is 2. The van der Waals surface area contributed by atoms with Crippen LogP contribution in [-0.2, 0) is 4.79 Å². The molecular formula is C28H32FN7O4. The predicted octanol–water partition coefficient (Wildman–Crippen LogP) is 1.95. The number of aromatic nitrogens is 2. The third-order valence-corrected chi connectivity index (χ3v) is 6.17. The molecule has 0 saturated heterocycles. The normalized spacial score (nSPS) is 12.9. The number of carbonyl (C=O) groups excluding carboxylic acids is 1. The smallest absolute Gasteiger partial charge is 0.239 e. The minimum absolute atomic E-state index is 0.0417. The summed E-state index contributed by atoms with van der Waals surface area (Å²) in [5.41, 5.74) is 7.37. The molecule has 0 bridgehead atoms. The number of nitrogens with one attached hydrogen (secondary N) is 1. The Morgan fingerprint density at radius 1 is 1.27 bits per heavy atom. The van der Waals surface area contributed by atoms with Gasteiger partial charge in [-0.05, 0) is 30.7 Å². The maximum atomic E-state index is 13.9. The molecule has 0 radical (unpaired) electrons. The summed E-state index contributed by atoms with van der Waals surface area (Å²) in [5, 5.41) is 16.6. The molecule has 0 saturated carbocycles. The minimum atomic E-state index is -0.527. The lowest BCUT2D eigenvalue weighted by Gasteiger charge is -2.29. The fourth-order valence-electron chi connectivity index (χ4n) is 4.38. The van der Waals surface area contributed by atoms with Gasteiger partial charge in [-0.15, -0.1) is 6.42 Å². The predicted molar refractivity (Wildman–Crippen MR) is 150 cm³/mol. The summed E-state index contributed by atoms with van der Waals surface area (Å²) in [4.78, 5) is 22.5. The molecule has 2 aromatic carbocycles. The SMILES string of the molecule is C#CCN(CCO)CCCOc1cc2ncnc(NC3=CN(CC(N)=O)N(c4cccc(F)c4)C3)c2cc1OC. The zero-order chi connectivity index (χ0) is 28.5. The highest BCUT2D eigenvalue weighted by molar-refractivity contribution is 5.92. The Kier molecular flexibility index (Phi) is 9.56. The Morgan fingerprint density at radius 3 is 2.85 bits per heavy atom. The van der Waals surface area contributed by atoms with Gasteiger partial charge in [-0.25, -0.2) is 14.4 Å². The van der Waals surface area contributed by atoms with Crippen LogP contribution in [0, 0.1) is 18.2 Å². The molecule has 0 unspecified atom stereocenters. The number of halogens is 1. The van der Waals surface area contributed by atoms with Gasteiger partial charge in [0.25, 0.3) is 0 Å². The summed E-state index contributed by atoms with van der Waals surface area (Å²) in [5.74, 6) is 3.25. The maximum absolute atomic E-state index is 13.9. The monoisotopic (exact) mass is 549 g/mol. The van der Waals surface area contributed by atoms with E-state index in [0.29, 0.717) is 78.8 Å². The average molecular weight is 550 g/mol. The number of rotatable bonds is 14. The lowest BCUT2D eigenvalue weighted by atomic mass is 10.2. The molecule has 2 heterocycles. The van der Waals surface area contributed by atoms with Crippen molar-refractivity contribution < 1.29 is 23.8 Å². The molecule has 1 aromatic heterocycles. The minimum Gasteiger partial charge on any atom is -0.493 e. The number of carbonyl (C=O) groups is 1. The van der Waals surface area contributed by atoms with Crippen molar-refractivity contribution in [2.45, 2.75) is 6.42 Å². The first-order valence-electron chi connectivity index (χ1n) is 12.7. The molecule has 0 atom stereocenters. The number of methoxy groups -OCH3 is 1. The average Bonchev–Trinajstić information content (AvgIpc) is 3.32. The van der Waals surface area contributed by atoms with Crippen LogP contribution in [-0.4, -0.2) is 83.9 Å². The number of terminal acetylenes is 1. The van der Waals surface area contributed by atoms with Crippen LogP contribution in [0.15, 0.2) is 54.6 Å². The fourth-order valence-corrected chi connectivity index (χ4v) is 4.38. The topological polar surface area (TPSA) is 129 Å². The molecule has 4 rings (SSSR count). The van der Waals surface area contributed by atoms with Crippen LogP contribution < -0.4 is 25.5 Å². The van der Waals surface area contributed by atoms with Gasteiger partial charge in [0.1, 0.15) is 24.5 Å². The molecule has 1 amide bonds. The van der Waals surface area contributed by atoms with E-state index in [0.717, 1.165) is 0 Å². The van der Waals surface area contributed by atoms with Crippen LogP contribution in [0.4, 0.5) is 15.9 Å². The zero-order valence-electron chi connectivity index (χ0n) is 22.2. The first-order valence-corrected chi connectivity index (χ1v) is 12.7. The van der Waals surface area contributed by atoms with E-state index in [4.69, 9.17) is 21.6 Å². The third-order valence-electron chi connectivity index (χ3n) is 6.17. The van der Waals surface area contributed by atoms with Crippen LogP contribution >= 0.6 is 0 Å². The van der Waals surface area contributed by atoms with E-state index in [-0.39, 0.29) is 19.0 Å². The number of ether oxygens (including phenoxy) is 2. The summed E-state index contributed by atoms with van der Waals surface area (Å²) in [7, 11) is 1.55. The molecule has 0 fully saturated rings. The van der Waals surface area contributed by atoms with Crippen molar-refractivity contribution in [1.29, 1.82) is 0 Å². The van der Waals surface area contributed by atoms with Gasteiger partial charge in [-0.1, -0.05) is 12.0 Å². The van der Waals surface area contributed by atoms with Gasteiger partial charge < -0.3 is 25.6 Å². The number of hydrogen-bond acceptors (Lipinski definition) is 10. The lowest BCUT2D eigenvalue weighted by molar-refractivity contribution is -0.118. The summed E-state index contributed by atoms with van der Waals surface area (Å²) < 4.78 is 25.5. The van der Waals surface area contributed by atoms with Crippen LogP contribution in [0.2, 0.25) is 0 Å². The quantitative estimate of drug-likeness (QED) is 0.203. The largest absolute Gasteiger partial charge is 0.493 e. The molecule has 4 N–H and O–H groups in total. The lowest BCUT2D eigenvalue weighted by Crippen LogP contribution is -2.41. The number of hydrazine groups is 1. The molecule has 1 aliphatic heterocycles. The molecule has 210 valence electrons. The number of anilines is 2. The maximum Gasteiger partial charge on any atom is 0.239 e. The molecule has 40 heavy (non-hydrogen) atoms. The Bertz CT molecular complexity index is 1410. The summed E-state index contributed by atoms with van der Waals surface area (Å²) in [6, 6.07) is 9.68. The van der Waals surface area contributed by atoms with E-state index in [1.165, 1.54) is 18.5 Å². The number of aliphatic hydroxyl groups is 1. The first kappa shape index (κ1) is 28.4. The van der Waals surface area contributed by atoms with E-state index in [9.17, 15) is 14.3 Å². The van der Waals surface area contributed by atoms with Gasteiger partial charge in [0.05, 0.1) is 50.3 Å². The van der Waals surface area contributed by atoms with Gasteiger partial charge in [0.2, 0.25) is 5.91 Å². The Balaban J connectivity index is 1.51. The van der Waals surface area contributed by atoms with E-state index >= 15 is 0 Å². The zero-order valence-corrected chi connectivity index (χ0v) is 22.2. The number of primary amides is 1. The second-order valence-electron chi connectivity index (χ2n) is 9.03. The van der Waals surface area contributed by atoms with Crippen LogP contribution in [0.5, 0.6) is 11.5 Å². The Morgan fingerprint density at radius 2 is 2.12 bits per heavy atom. The number of nitrogens with two attached hydrogens (primary N) is 1. The van der Waals surface area contributed by atoms with Crippen molar-refractivity contribution in [3.05, 3.63) is 60.4 Å². The van der Waals surface area contributed by atoms with Crippen molar-refractivity contribution in [2.24, 2.45) is 5.73 Å². The van der Waals surface area contributed by atoms with E-state index in [2.05, 4.69) is 21.2 Å². The molecular weight excluding hydrogens is 517 g/mol. The summed E-state index contributed by atoms with van der Waals surface area (Å²) in [6.07, 6.45) is 9.27. The number of aliphatic hydroxyl groups excluding tert-OH is 1. The highest BCUT2D eigenvalue weighted by atomic mass is 19.1. The summed E-state index contributed by atoms with van der Waals surface area (Å²) in [6.45, 7) is 2.36. The van der Waals surface area contributed by atoms with Gasteiger partial charge in [0, 0.05) is 30.7 Å². The summed E-state index contributed by atoms with van der Waals surface area (Å²) >= 11 is 0. The van der Waals surface area contributed by atoms with Crippen molar-refractivity contribution in [1.82, 2.24) is 19.9 Å². The van der Waals surface area contributed by atoms with Crippen molar-refractivity contribution in [2.75, 3.05) is 63.4 Å². The van der Waals surface area contributed by atoms with E-state index in [1.54, 1.807) is 47.6 Å². The van der Waals surface area contributed by atoms with E-state index < -0.39 is 5.91 Å². The second kappa shape index (κ2) is 13.5. The highest BCUT2D eigenvalue weighted by Crippen LogP contribution is 2.35.